The van der Waals surface area contributed by atoms with Gasteiger partial charge < -0.3 is 38.8 Å². The van der Waals surface area contributed by atoms with E-state index in [0.717, 1.165) is 5.41 Å². The highest BCUT2D eigenvalue weighted by molar-refractivity contribution is 7.92. The van der Waals surface area contributed by atoms with Crippen LogP contribution in [-0.4, -0.2) is 111 Å². The van der Waals surface area contributed by atoms with Gasteiger partial charge in [-0.15, -0.1) is 0 Å². The summed E-state index contributed by atoms with van der Waals surface area (Å²) in [7, 11) is -1.96. The van der Waals surface area contributed by atoms with Gasteiger partial charge in [0.25, 0.3) is 0 Å². The Bertz CT molecular complexity index is 718. The van der Waals surface area contributed by atoms with Crippen molar-refractivity contribution in [3.05, 3.63) is 12.0 Å². The molecule has 0 aromatic heterocycles. The largest absolute Gasteiger partial charge is 0.460 e. The van der Waals surface area contributed by atoms with Crippen LogP contribution in [0.25, 0.3) is 0 Å². The number of hydrogen-bond donors (Lipinski definition) is 3. The first kappa shape index (κ1) is 36.4. The number of amides is 1. The zero-order valence-electron chi connectivity index (χ0n) is 22.7. The van der Waals surface area contributed by atoms with Gasteiger partial charge in [-0.3, -0.25) is 9.59 Å². The molecule has 0 fully saturated rings. The van der Waals surface area contributed by atoms with Crippen molar-refractivity contribution in [3.8, 4) is 0 Å². The molecule has 0 aliphatic carbocycles. The first-order valence-electron chi connectivity index (χ1n) is 12.8. The molecule has 0 aliphatic rings. The van der Waals surface area contributed by atoms with E-state index in [0.29, 0.717) is 71.9 Å². The normalized spacial score (nSPS) is 13.1. The lowest BCUT2D eigenvalue weighted by molar-refractivity contribution is -0.194. The van der Waals surface area contributed by atoms with Gasteiger partial charge in [-0.2, -0.15) is 0 Å². The summed E-state index contributed by atoms with van der Waals surface area (Å²) in [6, 6.07) is 0. The summed E-state index contributed by atoms with van der Waals surface area (Å²) in [5, 5.41) is 12.8. The third-order valence-corrected chi connectivity index (χ3v) is 6.00. The number of rotatable bonds is 27. The quantitative estimate of drug-likeness (QED) is 0.0713. The number of carbonyl (C=O) groups excluding carboxylic acids is 2. The van der Waals surface area contributed by atoms with Gasteiger partial charge in [0, 0.05) is 51.7 Å². The highest BCUT2D eigenvalue weighted by Gasteiger charge is 2.16. The molecule has 0 spiro atoms. The molecule has 3 N–H and O–H groups in total. The van der Waals surface area contributed by atoms with Crippen LogP contribution in [-0.2, 0) is 48.0 Å². The number of ether oxygens (including phenoxy) is 6. The van der Waals surface area contributed by atoms with Crippen molar-refractivity contribution < 1.29 is 51.5 Å². The second-order valence-electron chi connectivity index (χ2n) is 8.05. The average molecular weight is 571 g/mol. The maximum atomic E-state index is 11.9. The summed E-state index contributed by atoms with van der Waals surface area (Å²) in [5.74, 6) is -0.595. The molecular formula is C24H46N2O11S. The van der Waals surface area contributed by atoms with Crippen molar-refractivity contribution in [2.75, 3.05) is 73.1 Å². The molecule has 13 nitrogen and oxygen atoms in total. The Morgan fingerprint density at radius 3 is 2.11 bits per heavy atom. The Hall–Kier alpha value is -1.65. The molecule has 0 aromatic carbocycles. The Balaban J connectivity index is 3.51. The van der Waals surface area contributed by atoms with E-state index in [1.54, 1.807) is 0 Å². The standard InChI is InChI=1S/C24H46N2O11S/c1-4-21(19-27)37-24(32-3)20-36-23(29)10-6-9-22(28)25-11-7-13-33-15-17-35-18-16-34-14-8-12-26-38(30,31)5-2/h5,21,24,26-27H,2,4,6-20H2,1,3H3,(H,25,28). The van der Waals surface area contributed by atoms with E-state index in [1.165, 1.54) is 7.11 Å². The summed E-state index contributed by atoms with van der Waals surface area (Å²) in [4.78, 5) is 23.7. The van der Waals surface area contributed by atoms with Crippen molar-refractivity contribution in [1.82, 2.24) is 10.0 Å². The van der Waals surface area contributed by atoms with Crippen LogP contribution in [0.4, 0.5) is 0 Å². The predicted molar refractivity (Wildman–Crippen MR) is 140 cm³/mol. The van der Waals surface area contributed by atoms with Crippen LogP contribution in [0.3, 0.4) is 0 Å². The van der Waals surface area contributed by atoms with Gasteiger partial charge in [0.15, 0.2) is 6.29 Å². The SMILES string of the molecule is C=CS(=O)(=O)NCCCOCCOCCOCCCNC(=O)CCCC(=O)OCC(OC)OC(CC)CO. The highest BCUT2D eigenvalue weighted by Crippen LogP contribution is 2.05. The minimum atomic E-state index is -3.38. The number of nitrogens with one attached hydrogen (secondary N) is 2. The third kappa shape index (κ3) is 22.3. The molecular weight excluding hydrogens is 524 g/mol. The monoisotopic (exact) mass is 570 g/mol. The number of esters is 1. The van der Waals surface area contributed by atoms with Crippen LogP contribution in [0.15, 0.2) is 12.0 Å². The van der Waals surface area contributed by atoms with Crippen LogP contribution in [0.2, 0.25) is 0 Å². The fourth-order valence-electron chi connectivity index (χ4n) is 2.75. The van der Waals surface area contributed by atoms with Gasteiger partial charge in [0.05, 0.1) is 39.1 Å². The van der Waals surface area contributed by atoms with E-state index >= 15 is 0 Å². The lowest BCUT2D eigenvalue weighted by atomic mass is 10.2. The lowest BCUT2D eigenvalue weighted by Gasteiger charge is -2.21. The van der Waals surface area contributed by atoms with Crippen molar-refractivity contribution in [2.45, 2.75) is 57.8 Å². The number of hydrogen-bond acceptors (Lipinski definition) is 11. The molecule has 0 heterocycles. The molecule has 0 bridgehead atoms. The van der Waals surface area contributed by atoms with E-state index in [1.807, 2.05) is 6.92 Å². The van der Waals surface area contributed by atoms with Crippen molar-refractivity contribution >= 4 is 21.9 Å². The molecule has 1 amide bonds. The van der Waals surface area contributed by atoms with E-state index in [-0.39, 0.29) is 44.6 Å². The molecule has 2 unspecified atom stereocenters. The zero-order chi connectivity index (χ0) is 28.5. The Labute approximate surface area is 226 Å². The van der Waals surface area contributed by atoms with Crippen LogP contribution in [0.5, 0.6) is 0 Å². The average Bonchev–Trinajstić information content (AvgIpc) is 2.91. The molecule has 0 aromatic rings. The van der Waals surface area contributed by atoms with E-state index in [2.05, 4.69) is 16.6 Å². The molecule has 0 rings (SSSR count). The molecule has 14 heteroatoms. The van der Waals surface area contributed by atoms with Gasteiger partial charge in [-0.1, -0.05) is 13.5 Å². The molecule has 224 valence electrons. The first-order valence-corrected chi connectivity index (χ1v) is 14.4. The Morgan fingerprint density at radius 2 is 1.55 bits per heavy atom. The second-order valence-corrected chi connectivity index (χ2v) is 9.76. The number of carbonyl (C=O) groups is 2. The van der Waals surface area contributed by atoms with Crippen molar-refractivity contribution in [1.29, 1.82) is 0 Å². The van der Waals surface area contributed by atoms with Crippen LogP contribution >= 0.6 is 0 Å². The summed E-state index contributed by atoms with van der Waals surface area (Å²) in [6.45, 7) is 8.16. The van der Waals surface area contributed by atoms with Crippen molar-refractivity contribution in [2.24, 2.45) is 0 Å². The fraction of sp³-hybridized carbons (Fsp3) is 0.833. The maximum Gasteiger partial charge on any atom is 0.305 e. The fourth-order valence-corrected chi connectivity index (χ4v) is 3.30. The Kier molecular flexibility index (Phi) is 23.3. The van der Waals surface area contributed by atoms with E-state index in [9.17, 15) is 18.0 Å². The van der Waals surface area contributed by atoms with E-state index < -0.39 is 22.3 Å². The molecule has 38 heavy (non-hydrogen) atoms. The van der Waals surface area contributed by atoms with Crippen LogP contribution in [0, 0.1) is 0 Å². The predicted octanol–water partition coefficient (Wildman–Crippen LogP) is 0.469. The molecule has 0 saturated carbocycles. The molecule has 0 aliphatic heterocycles. The van der Waals surface area contributed by atoms with Gasteiger partial charge in [0.1, 0.15) is 6.61 Å². The Morgan fingerprint density at radius 1 is 0.947 bits per heavy atom. The third-order valence-electron chi connectivity index (χ3n) is 4.95. The van der Waals surface area contributed by atoms with Crippen LogP contribution in [0.1, 0.15) is 45.4 Å². The smallest absolute Gasteiger partial charge is 0.305 e. The van der Waals surface area contributed by atoms with Gasteiger partial charge >= 0.3 is 5.97 Å². The summed E-state index contributed by atoms with van der Waals surface area (Å²) in [5.41, 5.74) is 0. The number of aliphatic hydroxyl groups excluding tert-OH is 1. The lowest BCUT2D eigenvalue weighted by Crippen LogP contribution is -2.30. The topological polar surface area (TPSA) is 168 Å². The molecule has 2 atom stereocenters. The number of methoxy groups -OCH3 is 1. The molecule has 0 radical (unpaired) electrons. The second kappa shape index (κ2) is 24.4. The minimum Gasteiger partial charge on any atom is -0.460 e. The van der Waals surface area contributed by atoms with Crippen molar-refractivity contribution in [3.63, 3.8) is 0 Å². The van der Waals surface area contributed by atoms with E-state index in [4.69, 9.17) is 33.5 Å². The number of sulfonamides is 1. The highest BCUT2D eigenvalue weighted by atomic mass is 32.2. The summed E-state index contributed by atoms with van der Waals surface area (Å²) < 4.78 is 56.5. The first-order chi connectivity index (χ1) is 18.3. The van der Waals surface area contributed by atoms with Gasteiger partial charge in [0.2, 0.25) is 15.9 Å². The summed E-state index contributed by atoms with van der Waals surface area (Å²) >= 11 is 0. The van der Waals surface area contributed by atoms with Gasteiger partial charge in [-0.25, -0.2) is 13.1 Å². The molecule has 0 saturated heterocycles. The van der Waals surface area contributed by atoms with Gasteiger partial charge in [-0.05, 0) is 25.7 Å². The minimum absolute atomic E-state index is 0.0820. The maximum absolute atomic E-state index is 11.9. The summed E-state index contributed by atoms with van der Waals surface area (Å²) in [6.07, 6.45) is 1.35. The number of aliphatic hydroxyl groups is 1. The van der Waals surface area contributed by atoms with Crippen LogP contribution < -0.4 is 10.0 Å². The zero-order valence-corrected chi connectivity index (χ0v) is 23.5.